The van der Waals surface area contributed by atoms with Crippen LogP contribution < -0.4 is 5.32 Å². The molecule has 0 saturated heterocycles. The van der Waals surface area contributed by atoms with Crippen molar-refractivity contribution in [2.45, 2.75) is 26.4 Å². The van der Waals surface area contributed by atoms with Gasteiger partial charge in [0, 0.05) is 18.0 Å². The van der Waals surface area contributed by atoms with E-state index in [9.17, 15) is 10.1 Å². The predicted octanol–water partition coefficient (Wildman–Crippen LogP) is 3.23. The number of para-hydroxylation sites is 1. The number of hydrogen-bond acceptors (Lipinski definition) is 7. The summed E-state index contributed by atoms with van der Waals surface area (Å²) in [6, 6.07) is 13.0. The number of carbonyl (C=O) groups excluding carboxylic acids is 1. The Hall–Kier alpha value is -3.73. The molecule has 136 valence electrons. The highest BCUT2D eigenvalue weighted by Gasteiger charge is 2.20. The first-order chi connectivity index (χ1) is 12.8. The third kappa shape index (κ3) is 4.67. The van der Waals surface area contributed by atoms with Crippen LogP contribution in [0.5, 0.6) is 0 Å². The van der Waals surface area contributed by atoms with Gasteiger partial charge >= 0.3 is 5.97 Å². The first-order valence-corrected chi connectivity index (χ1v) is 8.24. The fourth-order valence-electron chi connectivity index (χ4n) is 2.20. The van der Waals surface area contributed by atoms with Gasteiger partial charge in [0.15, 0.2) is 0 Å². The lowest BCUT2D eigenvalue weighted by Gasteiger charge is -2.18. The van der Waals surface area contributed by atoms with E-state index in [-0.39, 0.29) is 17.2 Å². The van der Waals surface area contributed by atoms with Crippen LogP contribution in [0.25, 0.3) is 5.95 Å². The molecular formula is C19H18N6O2. The summed E-state index contributed by atoms with van der Waals surface area (Å²) >= 11 is 0. The zero-order chi connectivity index (χ0) is 19.4. The zero-order valence-electron chi connectivity index (χ0n) is 15.2. The number of rotatable bonds is 4. The van der Waals surface area contributed by atoms with Crippen LogP contribution in [-0.4, -0.2) is 31.3 Å². The summed E-state index contributed by atoms with van der Waals surface area (Å²) in [5.41, 5.74) is 0.658. The van der Waals surface area contributed by atoms with Crippen molar-refractivity contribution >= 4 is 17.5 Å². The van der Waals surface area contributed by atoms with Crippen molar-refractivity contribution in [1.82, 2.24) is 19.7 Å². The number of ether oxygens (including phenoxy) is 1. The molecule has 0 aliphatic heterocycles. The van der Waals surface area contributed by atoms with Crippen LogP contribution in [0.1, 0.15) is 36.8 Å². The summed E-state index contributed by atoms with van der Waals surface area (Å²) < 4.78 is 6.65. The van der Waals surface area contributed by atoms with Crippen LogP contribution in [0.4, 0.5) is 11.5 Å². The number of hydrogen-bond donors (Lipinski definition) is 1. The number of aromatic nitrogens is 4. The van der Waals surface area contributed by atoms with E-state index in [2.05, 4.69) is 20.4 Å². The van der Waals surface area contributed by atoms with Gasteiger partial charge in [-0.25, -0.2) is 14.5 Å². The highest BCUT2D eigenvalue weighted by Crippen LogP contribution is 2.17. The van der Waals surface area contributed by atoms with Crippen LogP contribution in [0, 0.1) is 11.3 Å². The van der Waals surface area contributed by atoms with Gasteiger partial charge < -0.3 is 10.1 Å². The van der Waals surface area contributed by atoms with Gasteiger partial charge in [0.25, 0.3) is 5.95 Å². The second-order valence-corrected chi connectivity index (χ2v) is 6.72. The number of nitriles is 1. The molecule has 0 bridgehead atoms. The Labute approximate surface area is 156 Å². The van der Waals surface area contributed by atoms with Gasteiger partial charge in [-0.2, -0.15) is 15.3 Å². The van der Waals surface area contributed by atoms with Crippen molar-refractivity contribution in [3.8, 4) is 12.0 Å². The Bertz CT molecular complexity index is 999. The van der Waals surface area contributed by atoms with Crippen LogP contribution in [0.15, 0.2) is 48.8 Å². The Morgan fingerprint density at radius 2 is 1.96 bits per heavy atom. The Morgan fingerprint density at radius 1 is 1.22 bits per heavy atom. The fourth-order valence-corrected chi connectivity index (χ4v) is 2.20. The highest BCUT2D eigenvalue weighted by atomic mass is 16.6. The largest absolute Gasteiger partial charge is 0.456 e. The van der Waals surface area contributed by atoms with E-state index >= 15 is 0 Å². The van der Waals surface area contributed by atoms with E-state index in [0.717, 1.165) is 5.69 Å². The van der Waals surface area contributed by atoms with Crippen molar-refractivity contribution in [2.75, 3.05) is 5.32 Å². The molecule has 8 heteroatoms. The summed E-state index contributed by atoms with van der Waals surface area (Å²) in [6.45, 7) is 5.36. The molecule has 2 aromatic heterocycles. The van der Waals surface area contributed by atoms with E-state index in [0.29, 0.717) is 5.82 Å². The summed E-state index contributed by atoms with van der Waals surface area (Å²) in [5, 5.41) is 16.5. The Balaban J connectivity index is 1.89. The van der Waals surface area contributed by atoms with Gasteiger partial charge in [-0.05, 0) is 32.9 Å². The third-order valence-electron chi connectivity index (χ3n) is 3.30. The van der Waals surface area contributed by atoms with Crippen LogP contribution in [-0.2, 0) is 4.74 Å². The molecule has 1 N–H and O–H groups in total. The Morgan fingerprint density at radius 3 is 2.63 bits per heavy atom. The molecule has 0 atom stereocenters. The molecule has 8 nitrogen and oxygen atoms in total. The lowest BCUT2D eigenvalue weighted by atomic mass is 10.2. The topological polar surface area (TPSA) is 106 Å². The Kier molecular flexibility index (Phi) is 4.86. The molecule has 0 spiro atoms. The maximum Gasteiger partial charge on any atom is 0.341 e. The first-order valence-electron chi connectivity index (χ1n) is 8.24. The summed E-state index contributed by atoms with van der Waals surface area (Å²) in [6.07, 6.45) is 2.84. The summed E-state index contributed by atoms with van der Waals surface area (Å²) in [4.78, 5) is 20.7. The average molecular weight is 362 g/mol. The molecule has 0 aliphatic carbocycles. The number of esters is 1. The molecule has 0 aliphatic rings. The maximum atomic E-state index is 12.2. The van der Waals surface area contributed by atoms with Crippen LogP contribution in [0.2, 0.25) is 0 Å². The minimum Gasteiger partial charge on any atom is -0.456 e. The second kappa shape index (κ2) is 7.25. The number of nitrogens with one attached hydrogen (secondary N) is 1. The van der Waals surface area contributed by atoms with E-state index in [1.807, 2.05) is 36.4 Å². The molecule has 0 saturated carbocycles. The summed E-state index contributed by atoms with van der Waals surface area (Å²) in [7, 11) is 0. The molecule has 3 rings (SSSR count). The van der Waals surface area contributed by atoms with E-state index < -0.39 is 11.6 Å². The van der Waals surface area contributed by atoms with Gasteiger partial charge in [0.1, 0.15) is 23.2 Å². The molecule has 3 aromatic rings. The normalized spacial score (nSPS) is 10.9. The van der Waals surface area contributed by atoms with E-state index in [4.69, 9.17) is 4.74 Å². The third-order valence-corrected chi connectivity index (χ3v) is 3.30. The molecular weight excluding hydrogens is 344 g/mol. The van der Waals surface area contributed by atoms with Gasteiger partial charge in [-0.3, -0.25) is 0 Å². The highest BCUT2D eigenvalue weighted by molar-refractivity contribution is 5.89. The minimum atomic E-state index is -0.608. The number of nitrogens with zero attached hydrogens (tertiary/aromatic N) is 5. The smallest absolute Gasteiger partial charge is 0.341 e. The lowest BCUT2D eigenvalue weighted by molar-refractivity contribution is 0.00695. The molecule has 0 radical (unpaired) electrons. The van der Waals surface area contributed by atoms with Crippen molar-refractivity contribution in [3.05, 3.63) is 60.0 Å². The molecule has 1 aromatic carbocycles. The van der Waals surface area contributed by atoms with Crippen molar-refractivity contribution in [2.24, 2.45) is 0 Å². The number of carbonyl (C=O) groups is 1. The zero-order valence-corrected chi connectivity index (χ0v) is 15.2. The van der Waals surface area contributed by atoms with E-state index in [1.165, 1.54) is 23.1 Å². The standard InChI is InChI=1S/C19H18N6O2/c1-19(2,3)27-17(26)13-11-21-25(12-13)18-23-15(10-20)9-16(24-18)22-14-7-5-4-6-8-14/h4-9,11-12H,1-3H3,(H,22,23,24). The first kappa shape index (κ1) is 18.1. The fraction of sp³-hybridized carbons (Fsp3) is 0.211. The lowest BCUT2D eigenvalue weighted by Crippen LogP contribution is -2.23. The van der Waals surface area contributed by atoms with Gasteiger partial charge in [-0.15, -0.1) is 0 Å². The molecule has 0 amide bonds. The minimum absolute atomic E-state index is 0.169. The van der Waals surface area contributed by atoms with Crippen molar-refractivity contribution in [3.63, 3.8) is 0 Å². The van der Waals surface area contributed by atoms with Crippen molar-refractivity contribution in [1.29, 1.82) is 5.26 Å². The molecule has 27 heavy (non-hydrogen) atoms. The van der Waals surface area contributed by atoms with Crippen molar-refractivity contribution < 1.29 is 9.53 Å². The van der Waals surface area contributed by atoms with Gasteiger partial charge in [0.2, 0.25) is 0 Å². The second-order valence-electron chi connectivity index (χ2n) is 6.72. The quantitative estimate of drug-likeness (QED) is 0.710. The molecule has 0 fully saturated rings. The van der Waals surface area contributed by atoms with Crippen LogP contribution >= 0.6 is 0 Å². The SMILES string of the molecule is CC(C)(C)OC(=O)c1cnn(-c2nc(C#N)cc(Nc3ccccc3)n2)c1. The maximum absolute atomic E-state index is 12.2. The monoisotopic (exact) mass is 362 g/mol. The van der Waals surface area contributed by atoms with E-state index in [1.54, 1.807) is 20.8 Å². The van der Waals surface area contributed by atoms with Gasteiger partial charge in [-0.1, -0.05) is 18.2 Å². The van der Waals surface area contributed by atoms with Gasteiger partial charge in [0.05, 0.1) is 11.8 Å². The molecule has 0 unspecified atom stereocenters. The number of benzene rings is 1. The van der Waals surface area contributed by atoms with Crippen LogP contribution in [0.3, 0.4) is 0 Å². The predicted molar refractivity (Wildman–Crippen MR) is 98.8 cm³/mol. The summed E-state index contributed by atoms with van der Waals surface area (Å²) in [5.74, 6) is 0.118. The average Bonchev–Trinajstić information content (AvgIpc) is 3.11. The molecule has 2 heterocycles. The number of anilines is 2.